The average molecular weight is 198 g/mol. The van der Waals surface area contributed by atoms with E-state index >= 15 is 0 Å². The van der Waals surface area contributed by atoms with Crippen LogP contribution in [0, 0.1) is 5.92 Å². The summed E-state index contributed by atoms with van der Waals surface area (Å²) in [6.07, 6.45) is 7.94. The highest BCUT2D eigenvalue weighted by Gasteiger charge is 2.24. The van der Waals surface area contributed by atoms with Crippen molar-refractivity contribution in [1.82, 2.24) is 0 Å². The van der Waals surface area contributed by atoms with E-state index in [4.69, 9.17) is 9.47 Å². The third-order valence-corrected chi connectivity index (χ3v) is 2.39. The van der Waals surface area contributed by atoms with Crippen molar-refractivity contribution in [2.45, 2.75) is 52.4 Å². The summed E-state index contributed by atoms with van der Waals surface area (Å²) in [6, 6.07) is 0. The van der Waals surface area contributed by atoms with E-state index in [1.807, 2.05) is 0 Å². The van der Waals surface area contributed by atoms with Crippen LogP contribution in [0.4, 0.5) is 0 Å². The minimum Gasteiger partial charge on any atom is -0.352 e. The molecule has 1 fully saturated rings. The third-order valence-electron chi connectivity index (χ3n) is 2.39. The molecule has 0 saturated carbocycles. The molecule has 0 aliphatic carbocycles. The van der Waals surface area contributed by atoms with Gasteiger partial charge in [0.25, 0.3) is 0 Å². The van der Waals surface area contributed by atoms with Crippen molar-refractivity contribution in [2.75, 3.05) is 6.61 Å². The fourth-order valence-electron chi connectivity index (χ4n) is 1.55. The summed E-state index contributed by atoms with van der Waals surface area (Å²) >= 11 is 0. The molecule has 82 valence electrons. The third kappa shape index (κ3) is 3.81. The van der Waals surface area contributed by atoms with E-state index in [0.717, 1.165) is 25.9 Å². The van der Waals surface area contributed by atoms with Gasteiger partial charge in [-0.05, 0) is 19.3 Å². The average Bonchev–Trinajstić information content (AvgIpc) is 2.19. The van der Waals surface area contributed by atoms with Crippen LogP contribution in [0.25, 0.3) is 0 Å². The van der Waals surface area contributed by atoms with Crippen LogP contribution in [0.3, 0.4) is 0 Å². The predicted molar refractivity (Wildman–Crippen MR) is 58.1 cm³/mol. The summed E-state index contributed by atoms with van der Waals surface area (Å²) < 4.78 is 11.4. The first-order chi connectivity index (χ1) is 6.74. The highest BCUT2D eigenvalue weighted by Crippen LogP contribution is 2.20. The number of hydrogen-bond donors (Lipinski definition) is 0. The molecule has 0 aromatic carbocycles. The molecular weight excluding hydrogens is 176 g/mol. The summed E-state index contributed by atoms with van der Waals surface area (Å²) in [7, 11) is 0. The lowest BCUT2D eigenvalue weighted by Crippen LogP contribution is -2.35. The smallest absolute Gasteiger partial charge is 0.160 e. The Balaban J connectivity index is 2.29. The van der Waals surface area contributed by atoms with Gasteiger partial charge in [0, 0.05) is 5.92 Å². The minimum atomic E-state index is 0.00350. The van der Waals surface area contributed by atoms with Crippen LogP contribution >= 0.6 is 0 Å². The molecule has 14 heavy (non-hydrogen) atoms. The highest BCUT2D eigenvalue weighted by atomic mass is 16.7. The molecule has 0 unspecified atom stereocenters. The molecule has 2 heteroatoms. The van der Waals surface area contributed by atoms with Crippen LogP contribution in [0.2, 0.25) is 0 Å². The van der Waals surface area contributed by atoms with Gasteiger partial charge in [-0.2, -0.15) is 0 Å². The molecule has 1 aliphatic heterocycles. The molecule has 1 rings (SSSR count). The lowest BCUT2D eigenvalue weighted by Gasteiger charge is -2.32. The number of rotatable bonds is 4. The standard InChI is InChI=1S/C12H22O2/c1-4-5-6-7-11-8-9-13-12(14-11)10(2)3/h5-6,10-12H,4,7-9H2,1-3H3/b6-5+/t11-,12+/m1/s1. The van der Waals surface area contributed by atoms with Crippen LogP contribution in [-0.4, -0.2) is 19.0 Å². The maximum absolute atomic E-state index is 5.82. The second kappa shape index (κ2) is 6.20. The van der Waals surface area contributed by atoms with Gasteiger partial charge < -0.3 is 9.47 Å². The van der Waals surface area contributed by atoms with E-state index < -0.39 is 0 Å². The van der Waals surface area contributed by atoms with Gasteiger partial charge >= 0.3 is 0 Å². The molecule has 0 bridgehead atoms. The maximum Gasteiger partial charge on any atom is 0.160 e. The first kappa shape index (κ1) is 11.7. The second-order valence-corrected chi connectivity index (χ2v) is 4.15. The molecule has 2 atom stereocenters. The van der Waals surface area contributed by atoms with Gasteiger partial charge in [0.05, 0.1) is 12.7 Å². The number of hydrogen-bond acceptors (Lipinski definition) is 2. The van der Waals surface area contributed by atoms with E-state index in [9.17, 15) is 0 Å². The molecule has 0 spiro atoms. The molecule has 1 saturated heterocycles. The normalized spacial score (nSPS) is 28.9. The zero-order valence-corrected chi connectivity index (χ0v) is 9.53. The fraction of sp³-hybridized carbons (Fsp3) is 0.833. The summed E-state index contributed by atoms with van der Waals surface area (Å²) in [5.41, 5.74) is 0. The fourth-order valence-corrected chi connectivity index (χ4v) is 1.55. The molecule has 0 aromatic heterocycles. The molecule has 2 nitrogen and oxygen atoms in total. The molecule has 0 aromatic rings. The van der Waals surface area contributed by atoms with E-state index in [1.165, 1.54) is 0 Å². The lowest BCUT2D eigenvalue weighted by atomic mass is 10.1. The number of allylic oxidation sites excluding steroid dienone is 1. The second-order valence-electron chi connectivity index (χ2n) is 4.15. The number of ether oxygens (including phenoxy) is 2. The van der Waals surface area contributed by atoms with Crippen molar-refractivity contribution in [1.29, 1.82) is 0 Å². The van der Waals surface area contributed by atoms with Crippen molar-refractivity contribution in [3.8, 4) is 0 Å². The summed E-state index contributed by atoms with van der Waals surface area (Å²) in [6.45, 7) is 7.26. The monoisotopic (exact) mass is 198 g/mol. The van der Waals surface area contributed by atoms with Crippen LogP contribution in [0.1, 0.15) is 40.0 Å². The zero-order valence-electron chi connectivity index (χ0n) is 9.53. The molecule has 0 N–H and O–H groups in total. The van der Waals surface area contributed by atoms with Gasteiger partial charge in [-0.15, -0.1) is 0 Å². The van der Waals surface area contributed by atoms with Crippen molar-refractivity contribution in [3.63, 3.8) is 0 Å². The summed E-state index contributed by atoms with van der Waals surface area (Å²) in [5, 5.41) is 0. The van der Waals surface area contributed by atoms with Gasteiger partial charge in [0.15, 0.2) is 6.29 Å². The van der Waals surface area contributed by atoms with E-state index in [0.29, 0.717) is 12.0 Å². The lowest BCUT2D eigenvalue weighted by molar-refractivity contribution is -0.229. The Morgan fingerprint density at radius 2 is 2.14 bits per heavy atom. The summed E-state index contributed by atoms with van der Waals surface area (Å²) in [5.74, 6) is 0.452. The van der Waals surface area contributed by atoms with Crippen LogP contribution in [0.15, 0.2) is 12.2 Å². The van der Waals surface area contributed by atoms with Crippen LogP contribution < -0.4 is 0 Å². The Kier molecular flexibility index (Phi) is 5.20. The van der Waals surface area contributed by atoms with Gasteiger partial charge in [-0.3, -0.25) is 0 Å². The highest BCUT2D eigenvalue weighted by molar-refractivity contribution is 4.84. The Morgan fingerprint density at radius 1 is 1.36 bits per heavy atom. The van der Waals surface area contributed by atoms with Gasteiger partial charge in [0.1, 0.15) is 0 Å². The quantitative estimate of drug-likeness (QED) is 0.646. The molecule has 1 aliphatic rings. The van der Waals surface area contributed by atoms with Crippen LogP contribution in [-0.2, 0) is 9.47 Å². The van der Waals surface area contributed by atoms with Crippen molar-refractivity contribution >= 4 is 0 Å². The molecule has 1 heterocycles. The van der Waals surface area contributed by atoms with Crippen molar-refractivity contribution in [2.24, 2.45) is 5.92 Å². The Labute approximate surface area is 87.3 Å². The topological polar surface area (TPSA) is 18.5 Å². The first-order valence-electron chi connectivity index (χ1n) is 5.66. The van der Waals surface area contributed by atoms with Crippen molar-refractivity contribution in [3.05, 3.63) is 12.2 Å². The largest absolute Gasteiger partial charge is 0.352 e. The van der Waals surface area contributed by atoms with Gasteiger partial charge in [0.2, 0.25) is 0 Å². The Hall–Kier alpha value is -0.340. The van der Waals surface area contributed by atoms with Crippen LogP contribution in [0.5, 0.6) is 0 Å². The van der Waals surface area contributed by atoms with E-state index in [-0.39, 0.29) is 6.29 Å². The predicted octanol–water partition coefficient (Wildman–Crippen LogP) is 3.13. The SMILES string of the molecule is CC/C=C/C[C@@H]1CCO[C@H](C(C)C)O1. The zero-order chi connectivity index (χ0) is 10.4. The molecule has 0 amide bonds. The first-order valence-corrected chi connectivity index (χ1v) is 5.66. The van der Waals surface area contributed by atoms with Crippen molar-refractivity contribution < 1.29 is 9.47 Å². The Bertz CT molecular complexity index is 175. The summed E-state index contributed by atoms with van der Waals surface area (Å²) in [4.78, 5) is 0. The Morgan fingerprint density at radius 3 is 2.79 bits per heavy atom. The molecular formula is C12H22O2. The maximum atomic E-state index is 5.82. The van der Waals surface area contributed by atoms with E-state index in [2.05, 4.69) is 32.9 Å². The minimum absolute atomic E-state index is 0.00350. The molecule has 0 radical (unpaired) electrons. The van der Waals surface area contributed by atoms with E-state index in [1.54, 1.807) is 0 Å². The van der Waals surface area contributed by atoms with Gasteiger partial charge in [-0.1, -0.05) is 32.9 Å². The van der Waals surface area contributed by atoms with Gasteiger partial charge in [-0.25, -0.2) is 0 Å².